The highest BCUT2D eigenvalue weighted by atomic mass is 35.5. The van der Waals surface area contributed by atoms with Crippen molar-refractivity contribution in [2.24, 2.45) is 0 Å². The van der Waals surface area contributed by atoms with Gasteiger partial charge in [0.1, 0.15) is 17.2 Å². The summed E-state index contributed by atoms with van der Waals surface area (Å²) in [6, 6.07) is 16.2. The summed E-state index contributed by atoms with van der Waals surface area (Å²) in [5.74, 6) is -0.346. The minimum atomic E-state index is -4.16. The number of benzene rings is 3. The number of nitrogens with zero attached hydrogens (tertiary/aromatic N) is 1. The van der Waals surface area contributed by atoms with E-state index in [1.54, 1.807) is 68.4 Å². The quantitative estimate of drug-likeness (QED) is 0.475. The van der Waals surface area contributed by atoms with Gasteiger partial charge in [0, 0.05) is 15.7 Å². The lowest BCUT2D eigenvalue weighted by atomic mass is 10.2. The number of methoxy groups -OCH3 is 1. The van der Waals surface area contributed by atoms with Gasteiger partial charge in [-0.25, -0.2) is 8.42 Å². The van der Waals surface area contributed by atoms with Gasteiger partial charge in [0.05, 0.1) is 12.8 Å². The molecule has 3 rings (SSSR count). The zero-order valence-electron chi connectivity index (χ0n) is 17.7. The molecule has 3 aromatic carbocycles. The number of amides is 1. The van der Waals surface area contributed by atoms with Gasteiger partial charge >= 0.3 is 0 Å². The predicted molar refractivity (Wildman–Crippen MR) is 129 cm³/mol. The number of aryl methyl sites for hydroxylation is 1. The van der Waals surface area contributed by atoms with E-state index in [2.05, 4.69) is 5.32 Å². The topological polar surface area (TPSA) is 75.7 Å². The van der Waals surface area contributed by atoms with Crippen molar-refractivity contribution in [1.82, 2.24) is 0 Å². The van der Waals surface area contributed by atoms with Crippen LogP contribution in [0.15, 0.2) is 65.6 Å². The van der Waals surface area contributed by atoms with Crippen LogP contribution in [-0.2, 0) is 14.8 Å². The van der Waals surface area contributed by atoms with Crippen LogP contribution in [0.2, 0.25) is 10.0 Å². The third-order valence-corrected chi connectivity index (χ3v) is 7.29. The second-order valence-corrected chi connectivity index (χ2v) is 9.78. The van der Waals surface area contributed by atoms with E-state index in [0.29, 0.717) is 21.3 Å². The fraction of sp³-hybridized carbons (Fsp3) is 0.174. The molecule has 1 amide bonds. The standard InChI is InChI=1S/C23H22Cl2N2O4S/c1-15-7-12-21(31-3)22(13-15)32(29,30)27(18-10-8-17(24)9-11-18)14-23(28)26-20-6-4-5-19(25)16(20)2/h4-13H,14H2,1-3H3,(H,26,28). The number of anilines is 2. The summed E-state index contributed by atoms with van der Waals surface area (Å²) >= 11 is 12.1. The molecule has 0 bridgehead atoms. The molecule has 3 aromatic rings. The first-order valence-corrected chi connectivity index (χ1v) is 11.8. The fourth-order valence-corrected chi connectivity index (χ4v) is 5.05. The predicted octanol–water partition coefficient (Wildman–Crippen LogP) is 5.45. The van der Waals surface area contributed by atoms with Crippen LogP contribution in [0.3, 0.4) is 0 Å². The van der Waals surface area contributed by atoms with Gasteiger partial charge in [-0.1, -0.05) is 35.3 Å². The Labute approximate surface area is 197 Å². The van der Waals surface area contributed by atoms with E-state index in [1.165, 1.54) is 13.2 Å². The van der Waals surface area contributed by atoms with Crippen LogP contribution in [0.25, 0.3) is 0 Å². The number of hydrogen-bond donors (Lipinski definition) is 1. The first-order chi connectivity index (χ1) is 15.1. The van der Waals surface area contributed by atoms with Gasteiger partial charge in [-0.3, -0.25) is 9.10 Å². The summed E-state index contributed by atoms with van der Waals surface area (Å²) in [5.41, 5.74) is 2.21. The molecule has 0 fully saturated rings. The van der Waals surface area contributed by atoms with Crippen molar-refractivity contribution < 1.29 is 17.9 Å². The van der Waals surface area contributed by atoms with Crippen molar-refractivity contribution >= 4 is 50.5 Å². The molecular formula is C23H22Cl2N2O4S. The molecule has 0 spiro atoms. The molecule has 0 aromatic heterocycles. The SMILES string of the molecule is COc1ccc(C)cc1S(=O)(=O)N(CC(=O)Nc1cccc(Cl)c1C)c1ccc(Cl)cc1. The maximum atomic E-state index is 13.7. The third kappa shape index (κ3) is 5.18. The number of hydrogen-bond acceptors (Lipinski definition) is 4. The van der Waals surface area contributed by atoms with E-state index in [9.17, 15) is 13.2 Å². The Hall–Kier alpha value is -2.74. The van der Waals surface area contributed by atoms with Gasteiger partial charge < -0.3 is 10.1 Å². The molecule has 0 unspecified atom stereocenters. The Morgan fingerprint density at radius 1 is 1.03 bits per heavy atom. The number of carbonyl (C=O) groups is 1. The first kappa shape index (κ1) is 23.9. The molecule has 0 aliphatic carbocycles. The maximum Gasteiger partial charge on any atom is 0.268 e. The average Bonchev–Trinajstić information content (AvgIpc) is 2.76. The highest BCUT2D eigenvalue weighted by Crippen LogP contribution is 2.31. The minimum Gasteiger partial charge on any atom is -0.495 e. The number of rotatable bonds is 7. The van der Waals surface area contributed by atoms with Gasteiger partial charge in [0.2, 0.25) is 5.91 Å². The summed E-state index contributed by atoms with van der Waals surface area (Å²) in [7, 11) is -2.77. The summed E-state index contributed by atoms with van der Waals surface area (Å²) in [4.78, 5) is 12.9. The zero-order valence-corrected chi connectivity index (χ0v) is 20.1. The molecule has 0 radical (unpaired) electrons. The summed E-state index contributed by atoms with van der Waals surface area (Å²) in [5, 5.41) is 3.68. The van der Waals surface area contributed by atoms with Crippen molar-refractivity contribution in [2.45, 2.75) is 18.7 Å². The number of nitrogens with one attached hydrogen (secondary N) is 1. The second-order valence-electron chi connectivity index (χ2n) is 7.10. The van der Waals surface area contributed by atoms with Crippen LogP contribution in [0.5, 0.6) is 5.75 Å². The third-order valence-electron chi connectivity index (χ3n) is 4.83. The Bertz CT molecular complexity index is 1250. The number of ether oxygens (including phenoxy) is 1. The normalized spacial score (nSPS) is 11.2. The second kappa shape index (κ2) is 9.81. The van der Waals surface area contributed by atoms with Crippen molar-refractivity contribution in [1.29, 1.82) is 0 Å². The van der Waals surface area contributed by atoms with E-state index in [-0.39, 0.29) is 16.3 Å². The highest BCUT2D eigenvalue weighted by molar-refractivity contribution is 7.93. The largest absolute Gasteiger partial charge is 0.495 e. The molecule has 0 saturated carbocycles. The molecule has 1 N–H and O–H groups in total. The van der Waals surface area contributed by atoms with Crippen LogP contribution in [0.4, 0.5) is 11.4 Å². The van der Waals surface area contributed by atoms with Crippen molar-refractivity contribution in [2.75, 3.05) is 23.3 Å². The number of sulfonamides is 1. The lowest BCUT2D eigenvalue weighted by Crippen LogP contribution is -2.38. The van der Waals surface area contributed by atoms with Gasteiger partial charge in [-0.2, -0.15) is 0 Å². The monoisotopic (exact) mass is 492 g/mol. The summed E-state index contributed by atoms with van der Waals surface area (Å²) in [6.45, 7) is 3.08. The highest BCUT2D eigenvalue weighted by Gasteiger charge is 2.30. The molecule has 0 saturated heterocycles. The number of carbonyl (C=O) groups excluding carboxylic acids is 1. The van der Waals surface area contributed by atoms with E-state index in [4.69, 9.17) is 27.9 Å². The Morgan fingerprint density at radius 3 is 2.38 bits per heavy atom. The van der Waals surface area contributed by atoms with Crippen LogP contribution in [0.1, 0.15) is 11.1 Å². The Morgan fingerprint density at radius 2 is 1.72 bits per heavy atom. The smallest absolute Gasteiger partial charge is 0.268 e. The van der Waals surface area contributed by atoms with Crippen LogP contribution >= 0.6 is 23.2 Å². The van der Waals surface area contributed by atoms with E-state index < -0.39 is 22.5 Å². The maximum absolute atomic E-state index is 13.7. The van der Waals surface area contributed by atoms with Gasteiger partial charge in [-0.15, -0.1) is 0 Å². The minimum absolute atomic E-state index is 0.0401. The van der Waals surface area contributed by atoms with Crippen molar-refractivity contribution in [3.05, 3.63) is 81.8 Å². The van der Waals surface area contributed by atoms with E-state index >= 15 is 0 Å². The molecule has 9 heteroatoms. The molecule has 6 nitrogen and oxygen atoms in total. The lowest BCUT2D eigenvalue weighted by Gasteiger charge is -2.25. The van der Waals surface area contributed by atoms with Crippen molar-refractivity contribution in [3.63, 3.8) is 0 Å². The van der Waals surface area contributed by atoms with Crippen molar-refractivity contribution in [3.8, 4) is 5.75 Å². The van der Waals surface area contributed by atoms with E-state index in [1.807, 2.05) is 0 Å². The summed E-state index contributed by atoms with van der Waals surface area (Å²) in [6.07, 6.45) is 0. The van der Waals surface area contributed by atoms with E-state index in [0.717, 1.165) is 9.87 Å². The summed E-state index contributed by atoms with van der Waals surface area (Å²) < 4.78 is 33.6. The molecule has 0 atom stereocenters. The van der Waals surface area contributed by atoms with Gasteiger partial charge in [-0.05, 0) is 73.5 Å². The van der Waals surface area contributed by atoms with Gasteiger partial charge in [0.25, 0.3) is 10.0 Å². The zero-order chi connectivity index (χ0) is 23.5. The molecule has 0 aliphatic heterocycles. The lowest BCUT2D eigenvalue weighted by molar-refractivity contribution is -0.114. The van der Waals surface area contributed by atoms with Crippen LogP contribution < -0.4 is 14.4 Å². The number of halogens is 2. The Balaban J connectivity index is 2.03. The first-order valence-electron chi connectivity index (χ1n) is 9.61. The van der Waals surface area contributed by atoms with Crippen LogP contribution in [0, 0.1) is 13.8 Å². The Kier molecular flexibility index (Phi) is 7.33. The molecule has 0 heterocycles. The molecule has 32 heavy (non-hydrogen) atoms. The van der Waals surface area contributed by atoms with Gasteiger partial charge in [0.15, 0.2) is 0 Å². The molecular weight excluding hydrogens is 471 g/mol. The molecule has 168 valence electrons. The average molecular weight is 493 g/mol. The van der Waals surface area contributed by atoms with Crippen LogP contribution in [-0.4, -0.2) is 28.0 Å². The molecule has 0 aliphatic rings. The fourth-order valence-electron chi connectivity index (χ4n) is 3.09.